The van der Waals surface area contributed by atoms with Gasteiger partial charge in [0.1, 0.15) is 12.4 Å². The number of aliphatic hydroxyl groups excluding tert-OH is 1. The Hall–Kier alpha value is -2.44. The predicted octanol–water partition coefficient (Wildman–Crippen LogP) is 1.81. The lowest BCUT2D eigenvalue weighted by Gasteiger charge is -2.22. The van der Waals surface area contributed by atoms with Crippen LogP contribution in [0.1, 0.15) is 17.5 Å². The van der Waals surface area contributed by atoms with E-state index >= 15 is 0 Å². The maximum Gasteiger partial charge on any atom is 0.227 e. The van der Waals surface area contributed by atoms with E-state index in [1.807, 2.05) is 36.4 Å². The zero-order chi connectivity index (χ0) is 18.4. The van der Waals surface area contributed by atoms with E-state index in [2.05, 4.69) is 4.98 Å². The zero-order valence-corrected chi connectivity index (χ0v) is 14.9. The summed E-state index contributed by atoms with van der Waals surface area (Å²) in [5.74, 6) is 0.710. The Morgan fingerprint density at radius 1 is 1.31 bits per heavy atom. The summed E-state index contributed by atoms with van der Waals surface area (Å²) in [7, 11) is 1.64. The quantitative estimate of drug-likeness (QED) is 0.819. The number of carbonyl (C=O) groups excluding carboxylic acids is 1. The van der Waals surface area contributed by atoms with Gasteiger partial charge >= 0.3 is 0 Å². The highest BCUT2D eigenvalue weighted by Gasteiger charge is 2.34. The predicted molar refractivity (Wildman–Crippen MR) is 96.7 cm³/mol. The molecule has 6 heteroatoms. The molecule has 0 spiro atoms. The van der Waals surface area contributed by atoms with Crippen molar-refractivity contribution in [3.63, 3.8) is 0 Å². The van der Waals surface area contributed by atoms with Gasteiger partial charge < -0.3 is 19.5 Å². The largest absolute Gasteiger partial charge is 0.489 e. The smallest absolute Gasteiger partial charge is 0.227 e. The van der Waals surface area contributed by atoms with Crippen LogP contribution in [0.4, 0.5) is 0 Å². The van der Waals surface area contributed by atoms with Crippen molar-refractivity contribution in [2.75, 3.05) is 20.3 Å². The van der Waals surface area contributed by atoms with Crippen LogP contribution in [-0.2, 0) is 22.6 Å². The number of hydrogen-bond acceptors (Lipinski definition) is 5. The molecule has 0 saturated carbocycles. The highest BCUT2D eigenvalue weighted by molar-refractivity contribution is 5.79. The summed E-state index contributed by atoms with van der Waals surface area (Å²) in [6.07, 6.45) is 4.43. The van der Waals surface area contributed by atoms with Gasteiger partial charge in [-0.15, -0.1) is 0 Å². The molecule has 1 aliphatic heterocycles. The van der Waals surface area contributed by atoms with Crippen LogP contribution in [0.15, 0.2) is 48.8 Å². The van der Waals surface area contributed by atoms with Crippen LogP contribution in [-0.4, -0.2) is 53.3 Å². The van der Waals surface area contributed by atoms with Gasteiger partial charge in [0, 0.05) is 31.6 Å². The normalized spacial score (nSPS) is 19.5. The second-order valence-corrected chi connectivity index (χ2v) is 6.45. The van der Waals surface area contributed by atoms with Crippen molar-refractivity contribution < 1.29 is 19.4 Å². The SMILES string of the molecule is CO[C@@H]1C[C@@H](CO)N(C(=O)Cc2cccc(OCc3cccnc3)c2)C1. The molecule has 1 aromatic heterocycles. The molecule has 1 aromatic carbocycles. The van der Waals surface area contributed by atoms with Crippen LogP contribution in [0, 0.1) is 0 Å². The zero-order valence-electron chi connectivity index (χ0n) is 14.9. The molecule has 1 N–H and O–H groups in total. The summed E-state index contributed by atoms with van der Waals surface area (Å²) in [4.78, 5) is 18.4. The number of hydrogen-bond donors (Lipinski definition) is 1. The van der Waals surface area contributed by atoms with Crippen molar-refractivity contribution in [3.05, 3.63) is 59.9 Å². The third-order valence-electron chi connectivity index (χ3n) is 4.62. The number of aliphatic hydroxyl groups is 1. The van der Waals surface area contributed by atoms with Crippen molar-refractivity contribution in [2.45, 2.75) is 31.6 Å². The highest BCUT2D eigenvalue weighted by Crippen LogP contribution is 2.22. The van der Waals surface area contributed by atoms with Crippen molar-refractivity contribution in [1.29, 1.82) is 0 Å². The summed E-state index contributed by atoms with van der Waals surface area (Å²) in [6, 6.07) is 11.2. The van der Waals surface area contributed by atoms with Crippen molar-refractivity contribution in [2.24, 2.45) is 0 Å². The molecule has 2 aromatic rings. The molecule has 0 aliphatic carbocycles. The molecular formula is C20H24N2O4. The molecule has 0 radical (unpaired) electrons. The van der Waals surface area contributed by atoms with Gasteiger partial charge in [0.05, 0.1) is 25.2 Å². The Morgan fingerprint density at radius 2 is 2.15 bits per heavy atom. The maximum atomic E-state index is 12.6. The number of carbonyl (C=O) groups is 1. The van der Waals surface area contributed by atoms with Crippen LogP contribution >= 0.6 is 0 Å². The summed E-state index contributed by atoms with van der Waals surface area (Å²) in [5.41, 5.74) is 1.87. The number of rotatable bonds is 7. The molecule has 0 bridgehead atoms. The standard InChI is InChI=1S/C20H24N2O4/c1-25-19-10-17(13-23)22(12-19)20(24)9-15-4-2-6-18(8-15)26-14-16-5-3-7-21-11-16/h2-8,11,17,19,23H,9-10,12-14H2,1H3/t17-,19+/m0/s1. The minimum Gasteiger partial charge on any atom is -0.489 e. The van der Waals surface area contributed by atoms with Crippen LogP contribution < -0.4 is 4.74 Å². The molecule has 1 aliphatic rings. The number of nitrogens with zero attached hydrogens (tertiary/aromatic N) is 2. The van der Waals surface area contributed by atoms with Crippen molar-refractivity contribution in [1.82, 2.24) is 9.88 Å². The number of methoxy groups -OCH3 is 1. The summed E-state index contributed by atoms with van der Waals surface area (Å²) >= 11 is 0. The first-order chi connectivity index (χ1) is 12.7. The monoisotopic (exact) mass is 356 g/mol. The highest BCUT2D eigenvalue weighted by atomic mass is 16.5. The van der Waals surface area contributed by atoms with Gasteiger partial charge in [-0.2, -0.15) is 0 Å². The van der Waals surface area contributed by atoms with Crippen LogP contribution in [0.3, 0.4) is 0 Å². The Bertz CT molecular complexity index is 723. The van der Waals surface area contributed by atoms with Crippen LogP contribution in [0.2, 0.25) is 0 Å². The Morgan fingerprint density at radius 3 is 2.88 bits per heavy atom. The molecule has 26 heavy (non-hydrogen) atoms. The Balaban J connectivity index is 1.60. The van der Waals surface area contributed by atoms with Crippen molar-refractivity contribution in [3.8, 4) is 5.75 Å². The van der Waals surface area contributed by atoms with E-state index in [0.29, 0.717) is 25.3 Å². The Labute approximate surface area is 153 Å². The van der Waals surface area contributed by atoms with Gasteiger partial charge in [-0.3, -0.25) is 9.78 Å². The molecule has 3 rings (SSSR count). The van der Waals surface area contributed by atoms with E-state index in [1.165, 1.54) is 0 Å². The average Bonchev–Trinajstić information content (AvgIpc) is 3.11. The number of ether oxygens (including phenoxy) is 2. The molecule has 2 atom stereocenters. The lowest BCUT2D eigenvalue weighted by Crippen LogP contribution is -2.39. The molecule has 1 fully saturated rings. The van der Waals surface area contributed by atoms with Gasteiger partial charge in [-0.1, -0.05) is 18.2 Å². The van der Waals surface area contributed by atoms with Crippen LogP contribution in [0.5, 0.6) is 5.75 Å². The van der Waals surface area contributed by atoms with E-state index in [1.54, 1.807) is 24.4 Å². The third kappa shape index (κ3) is 4.59. The van der Waals surface area contributed by atoms with Gasteiger partial charge in [-0.05, 0) is 30.2 Å². The molecule has 0 unspecified atom stereocenters. The number of pyridine rings is 1. The van der Waals surface area contributed by atoms with E-state index in [0.717, 1.165) is 11.1 Å². The Kier molecular flexibility index (Phi) is 6.20. The number of aromatic nitrogens is 1. The maximum absolute atomic E-state index is 12.6. The minimum atomic E-state index is -0.169. The van der Waals surface area contributed by atoms with E-state index in [-0.39, 0.29) is 31.1 Å². The number of benzene rings is 1. The molecule has 6 nitrogen and oxygen atoms in total. The van der Waals surface area contributed by atoms with Gasteiger partial charge in [-0.25, -0.2) is 0 Å². The lowest BCUT2D eigenvalue weighted by atomic mass is 10.1. The second kappa shape index (κ2) is 8.78. The molecular weight excluding hydrogens is 332 g/mol. The van der Waals surface area contributed by atoms with Gasteiger partial charge in [0.2, 0.25) is 5.91 Å². The summed E-state index contributed by atoms with van der Waals surface area (Å²) < 4.78 is 11.1. The minimum absolute atomic E-state index is 0.00647. The van der Waals surface area contributed by atoms with E-state index in [4.69, 9.17) is 9.47 Å². The summed E-state index contributed by atoms with van der Waals surface area (Å²) in [5, 5.41) is 9.51. The second-order valence-electron chi connectivity index (χ2n) is 6.45. The molecule has 138 valence electrons. The van der Waals surface area contributed by atoms with Crippen molar-refractivity contribution >= 4 is 5.91 Å². The third-order valence-corrected chi connectivity index (χ3v) is 4.62. The average molecular weight is 356 g/mol. The summed E-state index contributed by atoms with van der Waals surface area (Å²) in [6.45, 7) is 0.914. The fraction of sp³-hybridized carbons (Fsp3) is 0.400. The van der Waals surface area contributed by atoms with E-state index < -0.39 is 0 Å². The number of amides is 1. The van der Waals surface area contributed by atoms with Crippen LogP contribution in [0.25, 0.3) is 0 Å². The topological polar surface area (TPSA) is 71.9 Å². The van der Waals surface area contributed by atoms with Gasteiger partial charge in [0.15, 0.2) is 0 Å². The first-order valence-corrected chi connectivity index (χ1v) is 8.73. The fourth-order valence-corrected chi connectivity index (χ4v) is 3.19. The first-order valence-electron chi connectivity index (χ1n) is 8.73. The molecule has 1 amide bonds. The number of likely N-dealkylation sites (tertiary alicyclic amines) is 1. The lowest BCUT2D eigenvalue weighted by molar-refractivity contribution is -0.132. The van der Waals surface area contributed by atoms with Gasteiger partial charge in [0.25, 0.3) is 0 Å². The fourth-order valence-electron chi connectivity index (χ4n) is 3.19. The van der Waals surface area contributed by atoms with E-state index in [9.17, 15) is 9.90 Å². The molecule has 2 heterocycles. The first kappa shape index (κ1) is 18.4. The molecule has 1 saturated heterocycles.